The molecule has 0 saturated heterocycles. The molecule has 1 aliphatic rings. The van der Waals surface area contributed by atoms with Crippen LogP contribution in [0.25, 0.3) is 0 Å². The molecule has 3 nitrogen and oxygen atoms in total. The van der Waals surface area contributed by atoms with Gasteiger partial charge in [0.05, 0.1) is 12.6 Å². The van der Waals surface area contributed by atoms with Crippen molar-refractivity contribution in [3.05, 3.63) is 57.3 Å². The minimum Gasteiger partial charge on any atom is -0.348 e. The van der Waals surface area contributed by atoms with Crippen molar-refractivity contribution in [2.45, 2.75) is 51.6 Å². The van der Waals surface area contributed by atoms with E-state index in [2.05, 4.69) is 52.9 Å². The first-order chi connectivity index (χ1) is 12.2. The summed E-state index contributed by atoms with van der Waals surface area (Å²) in [5.74, 6) is 0.101. The van der Waals surface area contributed by atoms with Crippen LogP contribution < -0.4 is 5.32 Å². The summed E-state index contributed by atoms with van der Waals surface area (Å²) in [7, 11) is 2.00. The summed E-state index contributed by atoms with van der Waals surface area (Å²) >= 11 is 1.73. The highest BCUT2D eigenvalue weighted by Crippen LogP contribution is 2.26. The average molecular weight is 357 g/mol. The maximum atomic E-state index is 12.5. The van der Waals surface area contributed by atoms with Crippen LogP contribution in [-0.4, -0.2) is 24.4 Å². The van der Waals surface area contributed by atoms with E-state index in [-0.39, 0.29) is 11.9 Å². The number of likely N-dealkylation sites (N-methyl/N-ethyl adjacent to an activating group) is 1. The molecular weight excluding hydrogens is 328 g/mol. The second kappa shape index (κ2) is 8.63. The van der Waals surface area contributed by atoms with E-state index in [0.29, 0.717) is 6.54 Å². The lowest BCUT2D eigenvalue weighted by Gasteiger charge is -2.23. The number of nitrogens with one attached hydrogen (secondary N) is 1. The molecule has 1 atom stereocenters. The molecule has 1 aromatic carbocycles. The van der Waals surface area contributed by atoms with E-state index in [1.54, 1.807) is 11.3 Å². The molecule has 4 heteroatoms. The third-order valence-electron chi connectivity index (χ3n) is 4.94. The number of rotatable bonds is 7. The van der Waals surface area contributed by atoms with Gasteiger partial charge in [-0.2, -0.15) is 0 Å². The van der Waals surface area contributed by atoms with Gasteiger partial charge in [0.1, 0.15) is 0 Å². The fourth-order valence-electron chi connectivity index (χ4n) is 3.60. The summed E-state index contributed by atoms with van der Waals surface area (Å²) in [6.45, 7) is 3.39. The predicted octanol–water partition coefficient (Wildman–Crippen LogP) is 4.33. The normalized spacial score (nSPS) is 15.0. The summed E-state index contributed by atoms with van der Waals surface area (Å²) in [5, 5.41) is 5.30. The molecule has 0 fully saturated rings. The zero-order valence-corrected chi connectivity index (χ0v) is 16.1. The van der Waals surface area contributed by atoms with Gasteiger partial charge >= 0.3 is 0 Å². The average Bonchev–Trinajstić information content (AvgIpc) is 3.12. The van der Waals surface area contributed by atoms with Crippen LogP contribution >= 0.6 is 11.3 Å². The first kappa shape index (κ1) is 18.2. The number of carbonyl (C=O) groups is 1. The lowest BCUT2D eigenvalue weighted by molar-refractivity contribution is -0.122. The number of carbonyl (C=O) groups excluding carboxylic acids is 1. The number of nitrogens with zero attached hydrogens (tertiary/aromatic N) is 1. The molecule has 0 saturated carbocycles. The van der Waals surface area contributed by atoms with E-state index in [1.165, 1.54) is 47.3 Å². The third-order valence-corrected chi connectivity index (χ3v) is 5.80. The van der Waals surface area contributed by atoms with Gasteiger partial charge in [0, 0.05) is 11.4 Å². The molecule has 3 rings (SSSR count). The van der Waals surface area contributed by atoms with Crippen molar-refractivity contribution in [1.29, 1.82) is 0 Å². The van der Waals surface area contributed by atoms with Crippen molar-refractivity contribution in [2.75, 3.05) is 13.6 Å². The molecule has 0 radical (unpaired) electrons. The number of thiophene rings is 1. The lowest BCUT2D eigenvalue weighted by Crippen LogP contribution is -2.36. The summed E-state index contributed by atoms with van der Waals surface area (Å²) in [4.78, 5) is 15.8. The molecular formula is C21H28N2OS. The van der Waals surface area contributed by atoms with Gasteiger partial charge in [0.2, 0.25) is 5.91 Å². The smallest absolute Gasteiger partial charge is 0.234 e. The fraction of sp³-hybridized carbons (Fsp3) is 0.476. The first-order valence-corrected chi connectivity index (χ1v) is 10.2. The van der Waals surface area contributed by atoms with Crippen molar-refractivity contribution in [3.8, 4) is 0 Å². The molecule has 134 valence electrons. The van der Waals surface area contributed by atoms with Gasteiger partial charge in [0.25, 0.3) is 0 Å². The van der Waals surface area contributed by atoms with Crippen LogP contribution in [0.4, 0.5) is 0 Å². The minimum atomic E-state index is 0.101. The number of benzene rings is 1. The number of hydrogen-bond donors (Lipinski definition) is 1. The van der Waals surface area contributed by atoms with Crippen LogP contribution in [0.15, 0.2) is 35.7 Å². The highest BCUT2D eigenvalue weighted by atomic mass is 32.1. The molecule has 1 unspecified atom stereocenters. The molecule has 0 bridgehead atoms. The Kier molecular flexibility index (Phi) is 6.27. The third kappa shape index (κ3) is 4.93. The van der Waals surface area contributed by atoms with Crippen LogP contribution in [0.3, 0.4) is 0 Å². The maximum absolute atomic E-state index is 12.5. The summed E-state index contributed by atoms with van der Waals surface area (Å²) < 4.78 is 0. The Labute approximate surface area is 155 Å². The van der Waals surface area contributed by atoms with Crippen molar-refractivity contribution in [3.63, 3.8) is 0 Å². The number of fused-ring (bicyclic) bond motifs is 1. The van der Waals surface area contributed by atoms with Crippen LogP contribution in [0, 0.1) is 0 Å². The molecule has 0 spiro atoms. The Balaban J connectivity index is 1.58. The maximum Gasteiger partial charge on any atom is 0.234 e. The molecule has 1 aromatic heterocycles. The SMILES string of the molecule is CCC(NC(=O)CN(C)Cc1cccs1)c1ccc2c(c1)CCCC2. The Morgan fingerprint density at radius 3 is 2.76 bits per heavy atom. The summed E-state index contributed by atoms with van der Waals surface area (Å²) in [6.07, 6.45) is 5.88. The lowest BCUT2D eigenvalue weighted by atomic mass is 9.89. The number of hydrogen-bond acceptors (Lipinski definition) is 3. The van der Waals surface area contributed by atoms with E-state index in [0.717, 1.165) is 13.0 Å². The van der Waals surface area contributed by atoms with Gasteiger partial charge in [-0.15, -0.1) is 11.3 Å². The van der Waals surface area contributed by atoms with Crippen LogP contribution in [0.1, 0.15) is 53.8 Å². The number of amides is 1. The van der Waals surface area contributed by atoms with Crippen molar-refractivity contribution < 1.29 is 4.79 Å². The zero-order chi connectivity index (χ0) is 17.6. The second-order valence-electron chi connectivity index (χ2n) is 7.02. The monoisotopic (exact) mass is 356 g/mol. The van der Waals surface area contributed by atoms with Gasteiger partial charge in [-0.05, 0) is 67.3 Å². The van der Waals surface area contributed by atoms with Gasteiger partial charge in [-0.25, -0.2) is 0 Å². The van der Waals surface area contributed by atoms with Gasteiger partial charge in [-0.3, -0.25) is 9.69 Å². The summed E-state index contributed by atoms with van der Waals surface area (Å²) in [5.41, 5.74) is 4.22. The van der Waals surface area contributed by atoms with Crippen molar-refractivity contribution >= 4 is 17.2 Å². The van der Waals surface area contributed by atoms with Gasteiger partial charge < -0.3 is 5.32 Å². The van der Waals surface area contributed by atoms with E-state index in [1.807, 2.05) is 7.05 Å². The van der Waals surface area contributed by atoms with Crippen LogP contribution in [0.2, 0.25) is 0 Å². The Morgan fingerprint density at radius 1 is 1.24 bits per heavy atom. The van der Waals surface area contributed by atoms with Gasteiger partial charge in [-0.1, -0.05) is 31.2 Å². The topological polar surface area (TPSA) is 32.3 Å². The Bertz CT molecular complexity index is 696. The molecule has 25 heavy (non-hydrogen) atoms. The predicted molar refractivity (Wildman–Crippen MR) is 105 cm³/mol. The number of aryl methyl sites for hydroxylation is 2. The molecule has 1 amide bonds. The molecule has 2 aromatic rings. The van der Waals surface area contributed by atoms with Crippen molar-refractivity contribution in [2.24, 2.45) is 0 Å². The Morgan fingerprint density at radius 2 is 2.04 bits per heavy atom. The van der Waals surface area contributed by atoms with Crippen molar-refractivity contribution in [1.82, 2.24) is 10.2 Å². The second-order valence-corrected chi connectivity index (χ2v) is 8.05. The Hall–Kier alpha value is -1.65. The van der Waals surface area contributed by atoms with Crippen LogP contribution in [0.5, 0.6) is 0 Å². The minimum absolute atomic E-state index is 0.101. The summed E-state index contributed by atoms with van der Waals surface area (Å²) in [6, 6.07) is 11.1. The fourth-order valence-corrected chi connectivity index (χ4v) is 4.38. The molecule has 1 aliphatic carbocycles. The van der Waals surface area contributed by atoms with E-state index >= 15 is 0 Å². The van der Waals surface area contributed by atoms with Gasteiger partial charge in [0.15, 0.2) is 0 Å². The standard InChI is InChI=1S/C21H28N2OS/c1-3-20(18-11-10-16-7-4-5-8-17(16)13-18)22-21(24)15-23(2)14-19-9-6-12-25-19/h6,9-13,20H,3-5,7-8,14-15H2,1-2H3,(H,22,24). The quantitative estimate of drug-likeness (QED) is 0.801. The highest BCUT2D eigenvalue weighted by Gasteiger charge is 2.17. The first-order valence-electron chi connectivity index (χ1n) is 9.27. The molecule has 1 heterocycles. The zero-order valence-electron chi connectivity index (χ0n) is 15.3. The van der Waals surface area contributed by atoms with E-state index in [9.17, 15) is 4.79 Å². The van der Waals surface area contributed by atoms with Crippen LogP contribution in [-0.2, 0) is 24.2 Å². The van der Waals surface area contributed by atoms with E-state index in [4.69, 9.17) is 0 Å². The largest absolute Gasteiger partial charge is 0.348 e. The van der Waals surface area contributed by atoms with E-state index < -0.39 is 0 Å². The highest BCUT2D eigenvalue weighted by molar-refractivity contribution is 7.09. The molecule has 1 N–H and O–H groups in total. The molecule has 0 aliphatic heterocycles.